The zero-order valence-electron chi connectivity index (χ0n) is 13.1. The molecule has 0 aliphatic heterocycles. The smallest absolute Gasteiger partial charge is 0.224 e. The van der Waals surface area contributed by atoms with Crippen molar-refractivity contribution in [3.05, 3.63) is 65.2 Å². The number of carbonyl (C=O) groups is 1. The van der Waals surface area contributed by atoms with Gasteiger partial charge in [-0.3, -0.25) is 4.79 Å². The van der Waals surface area contributed by atoms with Crippen LogP contribution in [0.1, 0.15) is 22.8 Å². The van der Waals surface area contributed by atoms with Crippen LogP contribution in [0.4, 0.5) is 5.69 Å². The Morgan fingerprint density at radius 1 is 1.17 bits per heavy atom. The molecule has 0 saturated heterocycles. The summed E-state index contributed by atoms with van der Waals surface area (Å²) in [5.41, 5.74) is 8.75. The van der Waals surface area contributed by atoms with Crippen LogP contribution in [-0.2, 0) is 11.2 Å². The molecule has 122 valence electrons. The second-order valence-corrected chi connectivity index (χ2v) is 5.57. The molecule has 0 fully saturated rings. The zero-order chi connectivity index (χ0) is 16.8. The summed E-state index contributed by atoms with van der Waals surface area (Å²) in [4.78, 5) is 12.2. The summed E-state index contributed by atoms with van der Waals surface area (Å²) >= 11 is 0. The molecular formula is C18H22N2O3. The van der Waals surface area contributed by atoms with Crippen LogP contribution in [0.5, 0.6) is 0 Å². The summed E-state index contributed by atoms with van der Waals surface area (Å²) in [5.74, 6) is -0.243. The van der Waals surface area contributed by atoms with Gasteiger partial charge in [0, 0.05) is 5.69 Å². The van der Waals surface area contributed by atoms with Crippen LogP contribution >= 0.6 is 0 Å². The van der Waals surface area contributed by atoms with Crippen molar-refractivity contribution in [3.63, 3.8) is 0 Å². The fourth-order valence-corrected chi connectivity index (χ4v) is 2.39. The second kappa shape index (κ2) is 7.76. The van der Waals surface area contributed by atoms with Crippen molar-refractivity contribution in [2.24, 2.45) is 0 Å². The van der Waals surface area contributed by atoms with Gasteiger partial charge in [0.2, 0.25) is 5.91 Å². The standard InChI is InChI=1S/C18H22N2O3/c1-12-4-2-3-5-14(12)10-17(22)20-16(11-21)18(23)13-6-8-15(19)9-7-13/h2-9,16,18,21,23H,10-11,19H2,1H3,(H,20,22). The number of benzene rings is 2. The average molecular weight is 314 g/mol. The van der Waals surface area contributed by atoms with Gasteiger partial charge in [-0.25, -0.2) is 0 Å². The number of carbonyl (C=O) groups excluding carboxylic acids is 1. The normalized spacial score (nSPS) is 13.3. The number of nitrogens with one attached hydrogen (secondary N) is 1. The quantitative estimate of drug-likeness (QED) is 0.605. The molecule has 2 aromatic rings. The van der Waals surface area contributed by atoms with E-state index in [-0.39, 0.29) is 18.9 Å². The number of aryl methyl sites for hydroxylation is 1. The van der Waals surface area contributed by atoms with Crippen molar-refractivity contribution in [3.8, 4) is 0 Å². The number of rotatable bonds is 6. The minimum atomic E-state index is -0.999. The van der Waals surface area contributed by atoms with E-state index in [9.17, 15) is 15.0 Å². The van der Waals surface area contributed by atoms with Crippen molar-refractivity contribution < 1.29 is 15.0 Å². The zero-order valence-corrected chi connectivity index (χ0v) is 13.1. The summed E-state index contributed by atoms with van der Waals surface area (Å²) in [6.45, 7) is 1.58. The molecular weight excluding hydrogens is 292 g/mol. The molecule has 0 aliphatic carbocycles. The third kappa shape index (κ3) is 4.55. The van der Waals surface area contributed by atoms with Crippen LogP contribution in [0.3, 0.4) is 0 Å². The number of anilines is 1. The highest BCUT2D eigenvalue weighted by Gasteiger charge is 2.22. The van der Waals surface area contributed by atoms with Crippen LogP contribution in [0.25, 0.3) is 0 Å². The SMILES string of the molecule is Cc1ccccc1CC(=O)NC(CO)C(O)c1ccc(N)cc1. The number of hydrogen-bond acceptors (Lipinski definition) is 4. The maximum Gasteiger partial charge on any atom is 0.224 e. The van der Waals surface area contributed by atoms with Gasteiger partial charge in [-0.15, -0.1) is 0 Å². The van der Waals surface area contributed by atoms with Crippen LogP contribution in [-0.4, -0.2) is 28.8 Å². The molecule has 0 aliphatic rings. The van der Waals surface area contributed by atoms with Crippen molar-refractivity contribution in [1.29, 1.82) is 0 Å². The van der Waals surface area contributed by atoms with Gasteiger partial charge in [-0.1, -0.05) is 36.4 Å². The molecule has 5 N–H and O–H groups in total. The molecule has 0 bridgehead atoms. The Kier molecular flexibility index (Phi) is 5.73. The highest BCUT2D eigenvalue weighted by Crippen LogP contribution is 2.18. The molecule has 2 atom stereocenters. The van der Waals surface area contributed by atoms with Gasteiger partial charge in [0.15, 0.2) is 0 Å². The molecule has 0 heterocycles. The predicted octanol–water partition coefficient (Wildman–Crippen LogP) is 1.33. The monoisotopic (exact) mass is 314 g/mol. The minimum absolute atomic E-state index is 0.206. The first-order valence-electron chi connectivity index (χ1n) is 7.49. The highest BCUT2D eigenvalue weighted by molar-refractivity contribution is 5.79. The molecule has 0 radical (unpaired) electrons. The van der Waals surface area contributed by atoms with Gasteiger partial charge in [0.05, 0.1) is 19.1 Å². The molecule has 5 heteroatoms. The van der Waals surface area contributed by atoms with Gasteiger partial charge in [0.1, 0.15) is 6.10 Å². The third-order valence-electron chi connectivity index (χ3n) is 3.81. The summed E-state index contributed by atoms with van der Waals surface area (Å²) in [6, 6.07) is 13.5. The van der Waals surface area contributed by atoms with E-state index in [4.69, 9.17) is 5.73 Å². The Morgan fingerprint density at radius 3 is 2.43 bits per heavy atom. The topological polar surface area (TPSA) is 95.6 Å². The minimum Gasteiger partial charge on any atom is -0.399 e. The summed E-state index contributed by atoms with van der Waals surface area (Å²) < 4.78 is 0. The first-order chi connectivity index (χ1) is 11.0. The Hall–Kier alpha value is -2.37. The van der Waals surface area contributed by atoms with Crippen LogP contribution in [0.15, 0.2) is 48.5 Å². The van der Waals surface area contributed by atoms with E-state index in [2.05, 4.69) is 5.32 Å². The third-order valence-corrected chi connectivity index (χ3v) is 3.81. The first-order valence-corrected chi connectivity index (χ1v) is 7.49. The number of amides is 1. The molecule has 2 aromatic carbocycles. The fourth-order valence-electron chi connectivity index (χ4n) is 2.39. The average Bonchev–Trinajstić information content (AvgIpc) is 2.55. The molecule has 0 spiro atoms. The Balaban J connectivity index is 2.02. The maximum atomic E-state index is 12.2. The lowest BCUT2D eigenvalue weighted by Gasteiger charge is -2.23. The molecule has 1 amide bonds. The molecule has 2 rings (SSSR count). The van der Waals surface area contributed by atoms with Crippen LogP contribution in [0, 0.1) is 6.92 Å². The largest absolute Gasteiger partial charge is 0.399 e. The van der Waals surface area contributed by atoms with E-state index in [1.54, 1.807) is 24.3 Å². The van der Waals surface area contributed by atoms with E-state index in [1.807, 2.05) is 31.2 Å². The molecule has 5 nitrogen and oxygen atoms in total. The fraction of sp³-hybridized carbons (Fsp3) is 0.278. The maximum absolute atomic E-state index is 12.2. The van der Waals surface area contributed by atoms with Gasteiger partial charge in [-0.2, -0.15) is 0 Å². The van der Waals surface area contributed by atoms with Gasteiger partial charge in [0.25, 0.3) is 0 Å². The number of aliphatic hydroxyl groups excluding tert-OH is 2. The molecule has 23 heavy (non-hydrogen) atoms. The van der Waals surface area contributed by atoms with Crippen molar-refractivity contribution in [2.75, 3.05) is 12.3 Å². The van der Waals surface area contributed by atoms with E-state index in [0.29, 0.717) is 11.3 Å². The van der Waals surface area contributed by atoms with E-state index in [0.717, 1.165) is 11.1 Å². The molecule has 0 aromatic heterocycles. The van der Waals surface area contributed by atoms with Crippen molar-refractivity contribution in [2.45, 2.75) is 25.5 Å². The molecule has 0 saturated carbocycles. The molecule has 2 unspecified atom stereocenters. The van der Waals surface area contributed by atoms with E-state index < -0.39 is 12.1 Å². The predicted molar refractivity (Wildman–Crippen MR) is 89.7 cm³/mol. The number of hydrogen-bond donors (Lipinski definition) is 4. The van der Waals surface area contributed by atoms with E-state index in [1.165, 1.54) is 0 Å². The second-order valence-electron chi connectivity index (χ2n) is 5.57. The summed E-state index contributed by atoms with van der Waals surface area (Å²) in [6.07, 6.45) is -0.793. The Labute approximate surface area is 135 Å². The summed E-state index contributed by atoms with van der Waals surface area (Å²) in [5, 5.41) is 22.5. The summed E-state index contributed by atoms with van der Waals surface area (Å²) in [7, 11) is 0. The van der Waals surface area contributed by atoms with E-state index >= 15 is 0 Å². The lowest BCUT2D eigenvalue weighted by Crippen LogP contribution is -2.42. The number of nitrogens with two attached hydrogens (primary N) is 1. The number of aliphatic hydroxyl groups is 2. The van der Waals surface area contributed by atoms with Gasteiger partial charge >= 0.3 is 0 Å². The Bertz CT molecular complexity index is 656. The van der Waals surface area contributed by atoms with Crippen LogP contribution < -0.4 is 11.1 Å². The van der Waals surface area contributed by atoms with Gasteiger partial charge in [-0.05, 0) is 35.7 Å². The van der Waals surface area contributed by atoms with Crippen LogP contribution in [0.2, 0.25) is 0 Å². The van der Waals surface area contributed by atoms with Crippen molar-refractivity contribution >= 4 is 11.6 Å². The van der Waals surface area contributed by atoms with Gasteiger partial charge < -0.3 is 21.3 Å². The Morgan fingerprint density at radius 2 is 1.83 bits per heavy atom. The first kappa shape index (κ1) is 17.0. The number of nitrogen functional groups attached to an aromatic ring is 1. The lowest BCUT2D eigenvalue weighted by molar-refractivity contribution is -0.122. The van der Waals surface area contributed by atoms with Crippen molar-refractivity contribution in [1.82, 2.24) is 5.32 Å². The highest BCUT2D eigenvalue weighted by atomic mass is 16.3. The lowest BCUT2D eigenvalue weighted by atomic mass is 10.0.